The fraction of sp³-hybridized carbons (Fsp3) is 0.800. The van der Waals surface area contributed by atoms with Gasteiger partial charge in [-0.3, -0.25) is 28.8 Å². The van der Waals surface area contributed by atoms with Gasteiger partial charge in [0.2, 0.25) is 29.5 Å². The van der Waals surface area contributed by atoms with Crippen molar-refractivity contribution in [1.82, 2.24) is 26.6 Å². The van der Waals surface area contributed by atoms with Crippen molar-refractivity contribution in [2.45, 2.75) is 121 Å². The summed E-state index contributed by atoms with van der Waals surface area (Å²) in [6.45, 7) is 5.33. The minimum Gasteiger partial charge on any atom is -0.480 e. The molecule has 0 fully saturated rings. The van der Waals surface area contributed by atoms with Crippen LogP contribution in [0.1, 0.15) is 85.0 Å². The summed E-state index contributed by atoms with van der Waals surface area (Å²) in [7, 11) is 0. The Morgan fingerprint density at radius 2 is 0.894 bits per heavy atom. The fourth-order valence-electron chi connectivity index (χ4n) is 4.57. The lowest BCUT2D eigenvalue weighted by Gasteiger charge is -2.26. The first-order valence-corrected chi connectivity index (χ1v) is 16.4. The number of carbonyl (C=O) groups excluding carboxylic acids is 5. The van der Waals surface area contributed by atoms with E-state index in [0.29, 0.717) is 64.6 Å². The summed E-state index contributed by atoms with van der Waals surface area (Å²) in [5.41, 5.74) is 22.7. The summed E-state index contributed by atoms with van der Waals surface area (Å²) in [5, 5.41) is 31.7. The minimum absolute atomic E-state index is 0.120. The van der Waals surface area contributed by atoms with Crippen LogP contribution >= 0.6 is 0 Å². The monoisotopic (exact) mass is 673 g/mol. The van der Waals surface area contributed by atoms with Crippen molar-refractivity contribution in [3.05, 3.63) is 0 Å². The Hall–Kier alpha value is -3.38. The summed E-state index contributed by atoms with van der Waals surface area (Å²) in [6, 6.07) is -6.89. The number of amides is 5. The normalized spacial score (nSPS) is 15.0. The van der Waals surface area contributed by atoms with Crippen molar-refractivity contribution in [1.29, 1.82) is 0 Å². The van der Waals surface area contributed by atoms with Crippen LogP contribution in [-0.2, 0) is 28.8 Å². The average Bonchev–Trinajstić information content (AvgIpc) is 3.01. The molecule has 0 rings (SSSR count). The molecule has 0 unspecified atom stereocenters. The summed E-state index contributed by atoms with van der Waals surface area (Å²) in [6.07, 6.45) is 3.95. The van der Waals surface area contributed by atoms with E-state index >= 15 is 0 Å². The molecular weight excluding hydrogens is 614 g/mol. The Balaban J connectivity index is 5.85. The first kappa shape index (κ1) is 43.6. The largest absolute Gasteiger partial charge is 0.480 e. The van der Waals surface area contributed by atoms with E-state index in [2.05, 4.69) is 26.6 Å². The minimum atomic E-state index is -1.48. The molecule has 0 bridgehead atoms. The van der Waals surface area contributed by atoms with Gasteiger partial charge in [0.05, 0.1) is 12.6 Å². The molecule has 15 N–H and O–H groups in total. The van der Waals surface area contributed by atoms with Crippen molar-refractivity contribution in [2.24, 2.45) is 28.9 Å². The number of carbonyl (C=O) groups is 6. The topological polar surface area (TPSA) is 307 Å². The van der Waals surface area contributed by atoms with E-state index in [9.17, 15) is 39.0 Å². The van der Waals surface area contributed by atoms with E-state index < -0.39 is 78.4 Å². The first-order chi connectivity index (χ1) is 22.2. The molecular formula is C30H59N9O8. The Morgan fingerprint density at radius 3 is 1.23 bits per heavy atom. The maximum atomic E-state index is 13.4. The highest BCUT2D eigenvalue weighted by Crippen LogP contribution is 2.08. The fourth-order valence-corrected chi connectivity index (χ4v) is 4.57. The number of aliphatic hydroxyl groups excluding tert-OH is 1. The molecule has 0 saturated heterocycles. The second-order valence-electron chi connectivity index (χ2n) is 12.1. The van der Waals surface area contributed by atoms with Crippen molar-refractivity contribution in [3.63, 3.8) is 0 Å². The molecule has 6 atom stereocenters. The smallest absolute Gasteiger partial charge is 0.325 e. The van der Waals surface area contributed by atoms with Gasteiger partial charge in [-0.25, -0.2) is 0 Å². The van der Waals surface area contributed by atoms with Crippen LogP contribution in [0.4, 0.5) is 0 Å². The standard InChI is InChI=1S/C30H59N9O8/c1-18(2)16-20(34)25(41)36-22(11-5-8-14-32)28(44)39-24(17-40)29(45)38-23(12-6-9-15-33)27(43)37-21(10-4-7-13-31)26(42)35-19(3)30(46)47/h18-24,40H,4-17,31-34H2,1-3H3,(H,35,42)(H,36,41)(H,37,43)(H,38,45)(H,39,44)(H,46,47)/t19-,20-,21-,22-,23-,24-/m0/s1. The first-order valence-electron chi connectivity index (χ1n) is 16.4. The molecule has 0 aliphatic carbocycles. The lowest BCUT2D eigenvalue weighted by molar-refractivity contribution is -0.142. The average molecular weight is 674 g/mol. The van der Waals surface area contributed by atoms with Gasteiger partial charge in [-0.2, -0.15) is 0 Å². The molecule has 0 heterocycles. The molecule has 17 heteroatoms. The van der Waals surface area contributed by atoms with E-state index in [4.69, 9.17) is 22.9 Å². The van der Waals surface area contributed by atoms with E-state index in [1.54, 1.807) is 0 Å². The molecule has 0 aromatic carbocycles. The Morgan fingerprint density at radius 1 is 0.553 bits per heavy atom. The highest BCUT2D eigenvalue weighted by molar-refractivity contribution is 5.96. The second-order valence-corrected chi connectivity index (χ2v) is 12.1. The van der Waals surface area contributed by atoms with E-state index in [0.717, 1.165) is 0 Å². The molecule has 0 aliphatic heterocycles. The van der Waals surface area contributed by atoms with Crippen LogP contribution in [0.15, 0.2) is 0 Å². The van der Waals surface area contributed by atoms with Crippen LogP contribution in [0.2, 0.25) is 0 Å². The van der Waals surface area contributed by atoms with Gasteiger partial charge in [0, 0.05) is 0 Å². The maximum Gasteiger partial charge on any atom is 0.325 e. The molecule has 0 radical (unpaired) electrons. The molecule has 0 aromatic heterocycles. The molecule has 5 amide bonds. The van der Waals surface area contributed by atoms with Gasteiger partial charge in [-0.1, -0.05) is 13.8 Å². The number of unbranched alkanes of at least 4 members (excludes halogenated alkanes) is 3. The lowest BCUT2D eigenvalue weighted by atomic mass is 10.0. The van der Waals surface area contributed by atoms with Crippen molar-refractivity contribution < 1.29 is 39.0 Å². The number of aliphatic carboxylic acids is 1. The third kappa shape index (κ3) is 18.5. The second kappa shape index (κ2) is 24.7. The third-order valence-corrected chi connectivity index (χ3v) is 7.35. The predicted molar refractivity (Wildman–Crippen MR) is 176 cm³/mol. The van der Waals surface area contributed by atoms with Crippen LogP contribution in [0.5, 0.6) is 0 Å². The van der Waals surface area contributed by atoms with Crippen LogP contribution in [0.3, 0.4) is 0 Å². The summed E-state index contributed by atoms with van der Waals surface area (Å²) in [4.78, 5) is 76.7. The zero-order valence-corrected chi connectivity index (χ0v) is 28.1. The molecule has 272 valence electrons. The Bertz CT molecular complexity index is 985. The summed E-state index contributed by atoms with van der Waals surface area (Å²) >= 11 is 0. The molecule has 0 saturated carbocycles. The number of nitrogens with two attached hydrogens (primary N) is 4. The van der Waals surface area contributed by atoms with Crippen molar-refractivity contribution in [2.75, 3.05) is 26.2 Å². The number of nitrogens with one attached hydrogen (secondary N) is 5. The third-order valence-electron chi connectivity index (χ3n) is 7.35. The van der Waals surface area contributed by atoms with Gasteiger partial charge >= 0.3 is 5.97 Å². The number of rotatable bonds is 26. The molecule has 0 spiro atoms. The zero-order chi connectivity index (χ0) is 35.9. The van der Waals surface area contributed by atoms with Gasteiger partial charge in [-0.15, -0.1) is 0 Å². The van der Waals surface area contributed by atoms with Gasteiger partial charge in [0.15, 0.2) is 0 Å². The summed E-state index contributed by atoms with van der Waals surface area (Å²) < 4.78 is 0. The van der Waals surface area contributed by atoms with E-state index in [-0.39, 0.29) is 25.2 Å². The molecule has 47 heavy (non-hydrogen) atoms. The number of carboxylic acid groups (broad SMARTS) is 1. The Kier molecular flexibility index (Phi) is 23.0. The van der Waals surface area contributed by atoms with Crippen LogP contribution < -0.4 is 49.5 Å². The predicted octanol–water partition coefficient (Wildman–Crippen LogP) is -2.73. The van der Waals surface area contributed by atoms with Gasteiger partial charge in [0.25, 0.3) is 0 Å². The van der Waals surface area contributed by atoms with Crippen LogP contribution in [0, 0.1) is 5.92 Å². The number of aliphatic hydroxyl groups is 1. The van der Waals surface area contributed by atoms with Gasteiger partial charge in [0.1, 0.15) is 30.2 Å². The van der Waals surface area contributed by atoms with Gasteiger partial charge < -0.3 is 59.7 Å². The molecule has 17 nitrogen and oxygen atoms in total. The SMILES string of the molecule is CC(C)C[C@H](N)C(=O)N[C@@H](CCCCN)C(=O)N[C@@H](CO)C(=O)N[C@@H](CCCCN)C(=O)N[C@@H](CCCCN)C(=O)N[C@@H](C)C(=O)O. The molecule has 0 aromatic rings. The quantitative estimate of drug-likeness (QED) is 0.0417. The highest BCUT2D eigenvalue weighted by atomic mass is 16.4. The summed E-state index contributed by atoms with van der Waals surface area (Å²) in [5.74, 6) is -4.68. The van der Waals surface area contributed by atoms with Crippen LogP contribution in [-0.4, -0.2) is 108 Å². The van der Waals surface area contributed by atoms with Crippen LogP contribution in [0.25, 0.3) is 0 Å². The van der Waals surface area contributed by atoms with E-state index in [1.807, 2.05) is 13.8 Å². The van der Waals surface area contributed by atoms with Crippen molar-refractivity contribution >= 4 is 35.5 Å². The maximum absolute atomic E-state index is 13.4. The van der Waals surface area contributed by atoms with E-state index in [1.165, 1.54) is 6.92 Å². The number of carboxylic acids is 1. The molecule has 0 aliphatic rings. The van der Waals surface area contributed by atoms with Crippen molar-refractivity contribution in [3.8, 4) is 0 Å². The lowest BCUT2D eigenvalue weighted by Crippen LogP contribution is -2.60. The number of hydrogen-bond donors (Lipinski definition) is 11. The van der Waals surface area contributed by atoms with Gasteiger partial charge in [-0.05, 0) is 96.7 Å². The highest BCUT2D eigenvalue weighted by Gasteiger charge is 2.32. The zero-order valence-electron chi connectivity index (χ0n) is 28.1. The number of hydrogen-bond acceptors (Lipinski definition) is 11. The Labute approximate surface area is 277 Å².